The van der Waals surface area contributed by atoms with Crippen molar-refractivity contribution in [1.29, 1.82) is 0 Å². The van der Waals surface area contributed by atoms with E-state index in [9.17, 15) is 0 Å². The molecule has 0 bridgehead atoms. The van der Waals surface area contributed by atoms with E-state index in [0.29, 0.717) is 0 Å². The van der Waals surface area contributed by atoms with Crippen molar-refractivity contribution in [2.75, 3.05) is 0 Å². The van der Waals surface area contributed by atoms with Crippen LogP contribution in [0.25, 0.3) is 0 Å². The number of aromatic nitrogens is 1. The highest BCUT2D eigenvalue weighted by Crippen LogP contribution is 2.18. The van der Waals surface area contributed by atoms with Crippen LogP contribution >= 0.6 is 0 Å². The Labute approximate surface area is 76.2 Å². The Morgan fingerprint density at radius 1 is 1.23 bits per heavy atom. The van der Waals surface area contributed by atoms with Gasteiger partial charge in [-0.25, -0.2) is 0 Å². The molecular formula is C10H10N2O. The van der Waals surface area contributed by atoms with Gasteiger partial charge in [0.15, 0.2) is 0 Å². The molecule has 0 aromatic carbocycles. The zero-order valence-corrected chi connectivity index (χ0v) is 7.05. The molecule has 2 N–H and O–H groups in total. The van der Waals surface area contributed by atoms with E-state index in [1.807, 2.05) is 24.3 Å². The Morgan fingerprint density at radius 3 is 2.62 bits per heavy atom. The second-order valence-electron chi connectivity index (χ2n) is 2.77. The van der Waals surface area contributed by atoms with Gasteiger partial charge in [-0.05, 0) is 29.8 Å². The number of furan rings is 1. The summed E-state index contributed by atoms with van der Waals surface area (Å²) in [6, 6.07) is 7.26. The van der Waals surface area contributed by atoms with Crippen molar-refractivity contribution < 1.29 is 4.42 Å². The molecule has 0 saturated heterocycles. The normalized spacial score (nSPS) is 12.7. The van der Waals surface area contributed by atoms with Crippen molar-refractivity contribution in [3.05, 3.63) is 54.2 Å². The zero-order chi connectivity index (χ0) is 9.10. The van der Waals surface area contributed by atoms with Crippen molar-refractivity contribution in [3.8, 4) is 0 Å². The lowest BCUT2D eigenvalue weighted by Crippen LogP contribution is -2.10. The van der Waals surface area contributed by atoms with E-state index >= 15 is 0 Å². The Morgan fingerprint density at radius 2 is 2.00 bits per heavy atom. The SMILES string of the molecule is N[C@@H](c1ccncc1)c1ccco1. The maximum atomic E-state index is 5.94. The molecule has 0 aliphatic rings. The molecule has 3 heteroatoms. The lowest BCUT2D eigenvalue weighted by Gasteiger charge is -2.07. The molecule has 0 aliphatic carbocycles. The summed E-state index contributed by atoms with van der Waals surface area (Å²) in [7, 11) is 0. The molecule has 0 saturated carbocycles. The summed E-state index contributed by atoms with van der Waals surface area (Å²) in [5.74, 6) is 0.770. The highest BCUT2D eigenvalue weighted by molar-refractivity contribution is 5.23. The van der Waals surface area contributed by atoms with Gasteiger partial charge < -0.3 is 10.2 Å². The standard InChI is InChI=1S/C10H10N2O/c11-10(9-2-1-7-13-9)8-3-5-12-6-4-8/h1-7,10H,11H2/t10-/m0/s1. The number of hydrogen-bond acceptors (Lipinski definition) is 3. The minimum absolute atomic E-state index is 0.196. The Kier molecular flexibility index (Phi) is 2.10. The lowest BCUT2D eigenvalue weighted by atomic mass is 10.1. The molecule has 1 atom stereocenters. The molecule has 2 rings (SSSR count). The fourth-order valence-electron chi connectivity index (χ4n) is 1.20. The van der Waals surface area contributed by atoms with Gasteiger partial charge in [0.25, 0.3) is 0 Å². The van der Waals surface area contributed by atoms with Crippen molar-refractivity contribution in [3.63, 3.8) is 0 Å². The minimum Gasteiger partial charge on any atom is -0.467 e. The Balaban J connectivity index is 2.29. The second kappa shape index (κ2) is 3.41. The van der Waals surface area contributed by atoms with E-state index in [-0.39, 0.29) is 6.04 Å². The van der Waals surface area contributed by atoms with Gasteiger partial charge in [-0.15, -0.1) is 0 Å². The van der Waals surface area contributed by atoms with E-state index in [4.69, 9.17) is 10.2 Å². The van der Waals surface area contributed by atoms with Crippen LogP contribution < -0.4 is 5.73 Å². The first kappa shape index (κ1) is 8.01. The van der Waals surface area contributed by atoms with Gasteiger partial charge in [-0.1, -0.05) is 0 Å². The van der Waals surface area contributed by atoms with E-state index in [0.717, 1.165) is 11.3 Å². The molecule has 0 aliphatic heterocycles. The van der Waals surface area contributed by atoms with Crippen LogP contribution in [0, 0.1) is 0 Å². The van der Waals surface area contributed by atoms with E-state index < -0.39 is 0 Å². The van der Waals surface area contributed by atoms with Crippen LogP contribution in [0.3, 0.4) is 0 Å². The van der Waals surface area contributed by atoms with Crippen LogP contribution in [0.5, 0.6) is 0 Å². The molecule has 0 fully saturated rings. The predicted octanol–water partition coefficient (Wildman–Crippen LogP) is 1.72. The summed E-state index contributed by atoms with van der Waals surface area (Å²) < 4.78 is 5.20. The number of nitrogens with zero attached hydrogens (tertiary/aromatic N) is 1. The Bertz CT molecular complexity index is 356. The summed E-state index contributed by atoms with van der Waals surface area (Å²) in [6.07, 6.45) is 5.06. The average molecular weight is 174 g/mol. The summed E-state index contributed by atoms with van der Waals surface area (Å²) in [5, 5.41) is 0. The third-order valence-corrected chi connectivity index (χ3v) is 1.91. The van der Waals surface area contributed by atoms with Gasteiger partial charge in [0.1, 0.15) is 5.76 Å². The first-order valence-electron chi connectivity index (χ1n) is 4.07. The van der Waals surface area contributed by atoms with Crippen LogP contribution in [0.4, 0.5) is 0 Å². The second-order valence-corrected chi connectivity index (χ2v) is 2.77. The lowest BCUT2D eigenvalue weighted by molar-refractivity contribution is 0.489. The number of hydrogen-bond donors (Lipinski definition) is 1. The first-order chi connectivity index (χ1) is 6.38. The highest BCUT2D eigenvalue weighted by Gasteiger charge is 2.10. The smallest absolute Gasteiger partial charge is 0.124 e. The molecule has 0 amide bonds. The van der Waals surface area contributed by atoms with Gasteiger partial charge in [-0.2, -0.15) is 0 Å². The molecule has 2 heterocycles. The van der Waals surface area contributed by atoms with Crippen molar-refractivity contribution >= 4 is 0 Å². The van der Waals surface area contributed by atoms with Crippen LogP contribution in [-0.2, 0) is 0 Å². The summed E-state index contributed by atoms with van der Waals surface area (Å²) in [5.41, 5.74) is 6.94. The molecule has 2 aromatic heterocycles. The Hall–Kier alpha value is -1.61. The molecular weight excluding hydrogens is 164 g/mol. The average Bonchev–Trinajstić information content (AvgIpc) is 2.71. The molecule has 0 radical (unpaired) electrons. The third kappa shape index (κ3) is 1.60. The van der Waals surface area contributed by atoms with Crippen LogP contribution in [0.2, 0.25) is 0 Å². The summed E-state index contributed by atoms with van der Waals surface area (Å²) in [4.78, 5) is 3.92. The third-order valence-electron chi connectivity index (χ3n) is 1.91. The van der Waals surface area contributed by atoms with Gasteiger partial charge in [0, 0.05) is 12.4 Å². The molecule has 13 heavy (non-hydrogen) atoms. The van der Waals surface area contributed by atoms with Crippen LogP contribution in [-0.4, -0.2) is 4.98 Å². The minimum atomic E-state index is -0.196. The monoisotopic (exact) mass is 174 g/mol. The predicted molar refractivity (Wildman–Crippen MR) is 49.0 cm³/mol. The molecule has 66 valence electrons. The molecule has 3 nitrogen and oxygen atoms in total. The zero-order valence-electron chi connectivity index (χ0n) is 7.05. The van der Waals surface area contributed by atoms with Gasteiger partial charge in [-0.3, -0.25) is 4.98 Å². The summed E-state index contributed by atoms with van der Waals surface area (Å²) >= 11 is 0. The number of nitrogens with two attached hydrogens (primary N) is 1. The first-order valence-corrected chi connectivity index (χ1v) is 4.07. The maximum Gasteiger partial charge on any atom is 0.124 e. The summed E-state index contributed by atoms with van der Waals surface area (Å²) in [6.45, 7) is 0. The highest BCUT2D eigenvalue weighted by atomic mass is 16.3. The van der Waals surface area contributed by atoms with Crippen LogP contribution in [0.1, 0.15) is 17.4 Å². The fourth-order valence-corrected chi connectivity index (χ4v) is 1.20. The quantitative estimate of drug-likeness (QED) is 0.754. The molecule has 0 unspecified atom stereocenters. The van der Waals surface area contributed by atoms with Gasteiger partial charge in [0.05, 0.1) is 12.3 Å². The molecule has 0 spiro atoms. The van der Waals surface area contributed by atoms with Crippen molar-refractivity contribution in [2.24, 2.45) is 5.73 Å². The topological polar surface area (TPSA) is 52.0 Å². The maximum absolute atomic E-state index is 5.94. The van der Waals surface area contributed by atoms with Crippen molar-refractivity contribution in [2.45, 2.75) is 6.04 Å². The number of rotatable bonds is 2. The van der Waals surface area contributed by atoms with E-state index in [2.05, 4.69) is 4.98 Å². The van der Waals surface area contributed by atoms with Crippen molar-refractivity contribution in [1.82, 2.24) is 4.98 Å². The fraction of sp³-hybridized carbons (Fsp3) is 0.100. The van der Waals surface area contributed by atoms with Crippen LogP contribution in [0.15, 0.2) is 47.3 Å². The molecule has 2 aromatic rings. The number of pyridine rings is 1. The van der Waals surface area contributed by atoms with Gasteiger partial charge >= 0.3 is 0 Å². The van der Waals surface area contributed by atoms with E-state index in [1.54, 1.807) is 18.7 Å². The van der Waals surface area contributed by atoms with E-state index in [1.165, 1.54) is 0 Å². The largest absolute Gasteiger partial charge is 0.467 e. The van der Waals surface area contributed by atoms with Gasteiger partial charge in [0.2, 0.25) is 0 Å².